The van der Waals surface area contributed by atoms with Crippen LogP contribution in [0.5, 0.6) is 0 Å². The molecule has 0 radical (unpaired) electrons. The van der Waals surface area contributed by atoms with Crippen molar-refractivity contribution < 1.29 is 14.7 Å². The predicted octanol–water partition coefficient (Wildman–Crippen LogP) is 3.78. The number of hydrogen-bond donors (Lipinski definition) is 2. The molecule has 5 heteroatoms. The summed E-state index contributed by atoms with van der Waals surface area (Å²) in [5, 5.41) is 11.7. The molecule has 0 saturated carbocycles. The molecule has 110 valence electrons. The van der Waals surface area contributed by atoms with Gasteiger partial charge in [0.15, 0.2) is 0 Å². The van der Waals surface area contributed by atoms with E-state index >= 15 is 0 Å². The fourth-order valence-electron chi connectivity index (χ4n) is 2.20. The number of benzene rings is 2. The highest BCUT2D eigenvalue weighted by Gasteiger charge is 2.22. The first-order valence-electron chi connectivity index (χ1n) is 6.68. The number of fused-ring (bicyclic) bond motifs is 1. The predicted molar refractivity (Wildman–Crippen MR) is 87.0 cm³/mol. The molecule has 0 aliphatic carbocycles. The SMILES string of the molecule is Cc1cccc(C=C2Sc3ccc(C(=O)O)cc3NC2=O)c1. The van der Waals surface area contributed by atoms with Gasteiger partial charge in [0.25, 0.3) is 5.91 Å². The number of nitrogens with one attached hydrogen (secondary N) is 1. The summed E-state index contributed by atoms with van der Waals surface area (Å²) in [4.78, 5) is 24.6. The van der Waals surface area contributed by atoms with Gasteiger partial charge in [0.05, 0.1) is 16.2 Å². The Bertz CT molecular complexity index is 811. The summed E-state index contributed by atoms with van der Waals surface area (Å²) in [5.41, 5.74) is 2.78. The van der Waals surface area contributed by atoms with Crippen molar-refractivity contribution in [2.24, 2.45) is 0 Å². The topological polar surface area (TPSA) is 66.4 Å². The molecule has 0 fully saturated rings. The quantitative estimate of drug-likeness (QED) is 0.828. The highest BCUT2D eigenvalue weighted by Crippen LogP contribution is 2.39. The Labute approximate surface area is 131 Å². The number of hydrogen-bond acceptors (Lipinski definition) is 3. The molecule has 1 amide bonds. The Hall–Kier alpha value is -2.53. The standard InChI is InChI=1S/C17H13NO3S/c1-10-3-2-4-11(7-10)8-15-16(19)18-13-9-12(17(20)21)5-6-14(13)22-15/h2-9H,1H3,(H,18,19)(H,20,21). The number of carboxylic acids is 1. The third kappa shape index (κ3) is 2.89. The summed E-state index contributed by atoms with van der Waals surface area (Å²) >= 11 is 1.34. The second kappa shape index (κ2) is 5.69. The summed E-state index contributed by atoms with van der Waals surface area (Å²) in [6.45, 7) is 2.00. The lowest BCUT2D eigenvalue weighted by molar-refractivity contribution is -0.112. The van der Waals surface area contributed by atoms with Crippen LogP contribution in [0.15, 0.2) is 52.3 Å². The molecule has 1 aliphatic heterocycles. The van der Waals surface area contributed by atoms with E-state index in [2.05, 4.69) is 5.32 Å². The lowest BCUT2D eigenvalue weighted by Gasteiger charge is -2.19. The molecule has 0 bridgehead atoms. The summed E-state index contributed by atoms with van der Waals surface area (Å²) in [6, 6.07) is 12.6. The lowest BCUT2D eigenvalue weighted by atomic mass is 10.1. The van der Waals surface area contributed by atoms with E-state index in [1.165, 1.54) is 23.9 Å². The molecule has 2 aromatic carbocycles. The number of amides is 1. The van der Waals surface area contributed by atoms with Crippen molar-refractivity contribution in [1.82, 2.24) is 0 Å². The zero-order valence-electron chi connectivity index (χ0n) is 11.8. The molecule has 0 saturated heterocycles. The van der Waals surface area contributed by atoms with Crippen molar-refractivity contribution >= 4 is 35.4 Å². The number of carbonyl (C=O) groups is 2. The van der Waals surface area contributed by atoms with Crippen LogP contribution < -0.4 is 5.32 Å². The van der Waals surface area contributed by atoms with Crippen molar-refractivity contribution in [3.8, 4) is 0 Å². The normalized spacial score (nSPS) is 15.3. The third-order valence-electron chi connectivity index (χ3n) is 3.26. The molecule has 0 unspecified atom stereocenters. The highest BCUT2D eigenvalue weighted by atomic mass is 32.2. The van der Waals surface area contributed by atoms with Crippen LogP contribution in [0, 0.1) is 6.92 Å². The van der Waals surface area contributed by atoms with Gasteiger partial charge in [0, 0.05) is 4.90 Å². The molecule has 4 nitrogen and oxygen atoms in total. The van der Waals surface area contributed by atoms with Crippen molar-refractivity contribution in [3.63, 3.8) is 0 Å². The van der Waals surface area contributed by atoms with E-state index in [0.29, 0.717) is 10.6 Å². The van der Waals surface area contributed by atoms with Gasteiger partial charge in [-0.3, -0.25) is 4.79 Å². The molecule has 0 spiro atoms. The lowest BCUT2D eigenvalue weighted by Crippen LogP contribution is -2.17. The second-order valence-corrected chi connectivity index (χ2v) is 6.08. The van der Waals surface area contributed by atoms with Crippen LogP contribution in [0.4, 0.5) is 5.69 Å². The molecule has 2 aromatic rings. The first-order valence-corrected chi connectivity index (χ1v) is 7.49. The number of carbonyl (C=O) groups excluding carboxylic acids is 1. The number of anilines is 1. The molecular weight excluding hydrogens is 298 g/mol. The molecule has 1 heterocycles. The molecule has 22 heavy (non-hydrogen) atoms. The second-order valence-electron chi connectivity index (χ2n) is 5.00. The maximum absolute atomic E-state index is 12.2. The van der Waals surface area contributed by atoms with E-state index in [9.17, 15) is 9.59 Å². The van der Waals surface area contributed by atoms with Gasteiger partial charge in [-0.2, -0.15) is 0 Å². The van der Waals surface area contributed by atoms with E-state index in [4.69, 9.17) is 5.11 Å². The molecule has 2 N–H and O–H groups in total. The van der Waals surface area contributed by atoms with Gasteiger partial charge in [-0.05, 0) is 36.8 Å². The minimum atomic E-state index is -1.01. The average molecular weight is 311 g/mol. The minimum absolute atomic E-state index is 0.158. The van der Waals surface area contributed by atoms with Gasteiger partial charge in [-0.1, -0.05) is 41.6 Å². The zero-order chi connectivity index (χ0) is 15.7. The number of aryl methyl sites for hydroxylation is 1. The minimum Gasteiger partial charge on any atom is -0.478 e. The van der Waals surface area contributed by atoms with Gasteiger partial charge in [-0.15, -0.1) is 0 Å². The van der Waals surface area contributed by atoms with Crippen molar-refractivity contribution in [1.29, 1.82) is 0 Å². The van der Waals surface area contributed by atoms with Gasteiger partial charge in [-0.25, -0.2) is 4.79 Å². The van der Waals surface area contributed by atoms with Crippen molar-refractivity contribution in [2.45, 2.75) is 11.8 Å². The van der Waals surface area contributed by atoms with Gasteiger partial charge in [0.1, 0.15) is 0 Å². The van der Waals surface area contributed by atoms with Crippen LogP contribution in [0.3, 0.4) is 0 Å². The van der Waals surface area contributed by atoms with Crippen LogP contribution in [0.2, 0.25) is 0 Å². The average Bonchev–Trinajstić information content (AvgIpc) is 2.47. The summed E-state index contributed by atoms with van der Waals surface area (Å²) in [5.74, 6) is -1.23. The Kier molecular flexibility index (Phi) is 3.73. The molecule has 0 atom stereocenters. The zero-order valence-corrected chi connectivity index (χ0v) is 12.6. The number of rotatable bonds is 2. The van der Waals surface area contributed by atoms with E-state index in [1.54, 1.807) is 6.07 Å². The van der Waals surface area contributed by atoms with Crippen LogP contribution in [-0.2, 0) is 4.79 Å². The van der Waals surface area contributed by atoms with Crippen molar-refractivity contribution in [2.75, 3.05) is 5.32 Å². The smallest absolute Gasteiger partial charge is 0.335 e. The first kappa shape index (κ1) is 14.4. The maximum atomic E-state index is 12.2. The fraction of sp³-hybridized carbons (Fsp3) is 0.0588. The largest absolute Gasteiger partial charge is 0.478 e. The van der Waals surface area contributed by atoms with E-state index < -0.39 is 5.97 Å². The van der Waals surface area contributed by atoms with Crippen LogP contribution >= 0.6 is 11.8 Å². The molecule has 1 aliphatic rings. The van der Waals surface area contributed by atoms with Crippen LogP contribution in [-0.4, -0.2) is 17.0 Å². The van der Waals surface area contributed by atoms with Gasteiger partial charge >= 0.3 is 5.97 Å². The van der Waals surface area contributed by atoms with E-state index in [1.807, 2.05) is 37.3 Å². The molecular formula is C17H13NO3S. The summed E-state index contributed by atoms with van der Waals surface area (Å²) in [7, 11) is 0. The Morgan fingerprint density at radius 2 is 2.05 bits per heavy atom. The fourth-order valence-corrected chi connectivity index (χ4v) is 3.14. The molecule has 0 aromatic heterocycles. The van der Waals surface area contributed by atoms with Crippen LogP contribution in [0.1, 0.15) is 21.5 Å². The van der Waals surface area contributed by atoms with E-state index in [0.717, 1.165) is 16.0 Å². The monoisotopic (exact) mass is 311 g/mol. The Balaban J connectivity index is 1.95. The first-order chi connectivity index (χ1) is 10.5. The maximum Gasteiger partial charge on any atom is 0.335 e. The summed E-state index contributed by atoms with van der Waals surface area (Å²) < 4.78 is 0. The number of aromatic carboxylic acids is 1. The third-order valence-corrected chi connectivity index (χ3v) is 4.36. The number of thioether (sulfide) groups is 1. The molecule has 3 rings (SSSR count). The highest BCUT2D eigenvalue weighted by molar-refractivity contribution is 8.04. The van der Waals surface area contributed by atoms with Gasteiger partial charge in [0.2, 0.25) is 0 Å². The van der Waals surface area contributed by atoms with Crippen molar-refractivity contribution in [3.05, 3.63) is 64.1 Å². The number of carboxylic acid groups (broad SMARTS) is 1. The Morgan fingerprint density at radius 3 is 2.77 bits per heavy atom. The summed E-state index contributed by atoms with van der Waals surface area (Å²) in [6.07, 6.45) is 1.83. The van der Waals surface area contributed by atoms with Gasteiger partial charge < -0.3 is 10.4 Å². The van der Waals surface area contributed by atoms with Crippen LogP contribution in [0.25, 0.3) is 6.08 Å². The van der Waals surface area contributed by atoms with E-state index in [-0.39, 0.29) is 11.5 Å². The Morgan fingerprint density at radius 1 is 1.23 bits per heavy atom.